The van der Waals surface area contributed by atoms with Crippen molar-refractivity contribution in [2.75, 3.05) is 13.2 Å². The van der Waals surface area contributed by atoms with Crippen LogP contribution in [0, 0.1) is 0 Å². The fourth-order valence-corrected chi connectivity index (χ4v) is 7.67. The molecule has 0 saturated heterocycles. The number of aliphatic hydroxyl groups excluding tert-OH is 5. The molecule has 0 aromatic rings. The fourth-order valence-electron chi connectivity index (χ4n) is 6.70. The quantitative estimate of drug-likeness (QED) is 0.0152. The maximum atomic E-state index is 12.8. The summed E-state index contributed by atoms with van der Waals surface area (Å²) in [7, 11) is -5.12. The van der Waals surface area contributed by atoms with Crippen LogP contribution in [0.15, 0.2) is 36.5 Å². The van der Waals surface area contributed by atoms with E-state index < -0.39 is 75.7 Å². The lowest BCUT2D eigenvalue weighted by Gasteiger charge is -2.41. The Morgan fingerprint density at radius 2 is 0.983 bits per heavy atom. The Balaban J connectivity index is 2.47. The number of phosphoric ester groups is 1. The van der Waals surface area contributed by atoms with Crippen LogP contribution in [0.4, 0.5) is 0 Å². The molecule has 0 heterocycles. The molecule has 1 aliphatic rings. The Labute approximate surface area is 348 Å². The maximum Gasteiger partial charge on any atom is 0.472 e. The predicted molar refractivity (Wildman–Crippen MR) is 226 cm³/mol. The topological polar surface area (TPSA) is 210 Å². The summed E-state index contributed by atoms with van der Waals surface area (Å²) in [6.45, 7) is 3.15. The molecule has 58 heavy (non-hydrogen) atoms. The molecule has 14 heteroatoms. The first kappa shape index (κ1) is 54.1. The SMILES string of the molecule is CC/C=C/C=C/C=C/CCCCCCCC(=O)OC(COC(=O)CCCCCCCCCCCCCCCCCC)COP(=O)(O)OC1C(O)C(O)C(O)[C@H](O)C1O. The molecule has 1 rings (SSSR count). The van der Waals surface area contributed by atoms with E-state index in [0.29, 0.717) is 12.8 Å². The highest BCUT2D eigenvalue weighted by Crippen LogP contribution is 2.47. The smallest absolute Gasteiger partial charge is 0.462 e. The molecule has 1 fully saturated rings. The standard InChI is InChI=1S/C44H79O13P/c1-3-5-7-9-11-13-15-17-18-19-21-22-24-26-28-30-32-37(45)54-34-36(35-55-58(52,53)57-44-42(50)40(48)39(47)41(49)43(44)51)56-38(46)33-31-29-27-25-23-20-16-14-12-10-8-6-4-2/h6,8,10,12,14,16,36,39-44,47-51H,3-5,7,9,11,13,15,17-35H2,1-2H3,(H,52,53)/b8-6+,12-10+,16-14+/t36?,39?,40-,41?,42?,43?,44?/m0/s1. The lowest BCUT2D eigenvalue weighted by molar-refractivity contribution is -0.220. The molecule has 0 radical (unpaired) electrons. The Bertz CT molecular complexity index is 1160. The van der Waals surface area contributed by atoms with Crippen molar-refractivity contribution in [1.29, 1.82) is 0 Å². The zero-order valence-electron chi connectivity index (χ0n) is 35.6. The number of hydrogen-bond donors (Lipinski definition) is 6. The number of carbonyl (C=O) groups excluding carboxylic acids is 2. The average molecular weight is 847 g/mol. The summed E-state index contributed by atoms with van der Waals surface area (Å²) in [5.41, 5.74) is 0. The molecule has 13 nitrogen and oxygen atoms in total. The van der Waals surface area contributed by atoms with Crippen LogP contribution < -0.4 is 0 Å². The van der Waals surface area contributed by atoms with Gasteiger partial charge in [-0.1, -0.05) is 166 Å². The van der Waals surface area contributed by atoms with Gasteiger partial charge in [0.1, 0.15) is 43.2 Å². The zero-order valence-corrected chi connectivity index (χ0v) is 36.5. The number of rotatable bonds is 36. The van der Waals surface area contributed by atoms with Gasteiger partial charge in [-0.15, -0.1) is 0 Å². The minimum Gasteiger partial charge on any atom is -0.462 e. The van der Waals surface area contributed by atoms with Gasteiger partial charge in [0.2, 0.25) is 0 Å². The fraction of sp³-hybridized carbons (Fsp3) is 0.818. The number of esters is 2. The molecular formula is C44H79O13P. The lowest BCUT2D eigenvalue weighted by atomic mass is 9.85. The van der Waals surface area contributed by atoms with E-state index in [1.54, 1.807) is 0 Å². The van der Waals surface area contributed by atoms with Crippen LogP contribution in [0.1, 0.15) is 174 Å². The average Bonchev–Trinajstić information content (AvgIpc) is 3.20. The van der Waals surface area contributed by atoms with Gasteiger partial charge in [0.25, 0.3) is 0 Å². The first-order valence-corrected chi connectivity index (χ1v) is 23.8. The van der Waals surface area contributed by atoms with Crippen LogP contribution in [0.25, 0.3) is 0 Å². The molecule has 1 aliphatic carbocycles. The molecular weight excluding hydrogens is 767 g/mol. The Hall–Kier alpha value is -1.93. The van der Waals surface area contributed by atoms with Crippen LogP contribution in [-0.2, 0) is 32.7 Å². The van der Waals surface area contributed by atoms with Crippen molar-refractivity contribution in [2.24, 2.45) is 0 Å². The van der Waals surface area contributed by atoms with E-state index in [2.05, 4.69) is 26.0 Å². The van der Waals surface area contributed by atoms with Crippen molar-refractivity contribution >= 4 is 19.8 Å². The number of carbonyl (C=O) groups is 2. The highest BCUT2D eigenvalue weighted by Gasteiger charge is 2.51. The van der Waals surface area contributed by atoms with Gasteiger partial charge in [0, 0.05) is 12.8 Å². The number of ether oxygens (including phenoxy) is 2. The molecule has 0 spiro atoms. The lowest BCUT2D eigenvalue weighted by Crippen LogP contribution is -2.64. The molecule has 8 atom stereocenters. The largest absolute Gasteiger partial charge is 0.472 e. The Kier molecular flexibility index (Phi) is 32.4. The van der Waals surface area contributed by atoms with Crippen molar-refractivity contribution in [3.63, 3.8) is 0 Å². The molecule has 0 aliphatic heterocycles. The Morgan fingerprint density at radius 3 is 1.48 bits per heavy atom. The van der Waals surface area contributed by atoms with Gasteiger partial charge in [-0.2, -0.15) is 0 Å². The van der Waals surface area contributed by atoms with E-state index in [-0.39, 0.29) is 12.8 Å². The summed E-state index contributed by atoms with van der Waals surface area (Å²) in [5, 5.41) is 50.1. The minimum atomic E-state index is -5.12. The van der Waals surface area contributed by atoms with Crippen molar-refractivity contribution in [3.05, 3.63) is 36.5 Å². The van der Waals surface area contributed by atoms with Crippen LogP contribution in [0.5, 0.6) is 0 Å². The van der Waals surface area contributed by atoms with Crippen molar-refractivity contribution in [2.45, 2.75) is 217 Å². The second-order valence-electron chi connectivity index (χ2n) is 15.6. The number of hydrogen-bond acceptors (Lipinski definition) is 12. The third-order valence-corrected chi connectivity index (χ3v) is 11.3. The van der Waals surface area contributed by atoms with Crippen LogP contribution >= 0.6 is 7.82 Å². The summed E-state index contributed by atoms with van der Waals surface area (Å²) in [4.78, 5) is 35.6. The summed E-state index contributed by atoms with van der Waals surface area (Å²) >= 11 is 0. The van der Waals surface area contributed by atoms with Gasteiger partial charge >= 0.3 is 19.8 Å². The monoisotopic (exact) mass is 847 g/mol. The molecule has 0 amide bonds. The summed E-state index contributed by atoms with van der Waals surface area (Å²) < 4.78 is 33.5. The van der Waals surface area contributed by atoms with Gasteiger partial charge in [-0.3, -0.25) is 18.6 Å². The van der Waals surface area contributed by atoms with E-state index in [1.807, 2.05) is 24.3 Å². The summed E-state index contributed by atoms with van der Waals surface area (Å²) in [6.07, 6.45) is 24.9. The predicted octanol–water partition coefficient (Wildman–Crippen LogP) is 8.22. The third-order valence-electron chi connectivity index (χ3n) is 10.3. The van der Waals surface area contributed by atoms with Crippen molar-refractivity contribution in [1.82, 2.24) is 0 Å². The van der Waals surface area contributed by atoms with E-state index in [0.717, 1.165) is 57.8 Å². The number of aliphatic hydroxyl groups is 5. The second kappa shape index (κ2) is 34.7. The van der Waals surface area contributed by atoms with E-state index in [4.69, 9.17) is 18.5 Å². The Morgan fingerprint density at radius 1 is 0.552 bits per heavy atom. The molecule has 6 N–H and O–H groups in total. The molecule has 0 aromatic carbocycles. The highest BCUT2D eigenvalue weighted by molar-refractivity contribution is 7.47. The van der Waals surface area contributed by atoms with Gasteiger partial charge in [-0.25, -0.2) is 4.57 Å². The third kappa shape index (κ3) is 27.0. The molecule has 1 saturated carbocycles. The normalized spacial score (nSPS) is 22.8. The summed E-state index contributed by atoms with van der Waals surface area (Å²) in [6, 6.07) is 0. The zero-order chi connectivity index (χ0) is 42.9. The van der Waals surface area contributed by atoms with Crippen LogP contribution in [-0.4, -0.2) is 98.3 Å². The van der Waals surface area contributed by atoms with Gasteiger partial charge < -0.3 is 39.9 Å². The van der Waals surface area contributed by atoms with Crippen LogP contribution in [0.3, 0.4) is 0 Å². The molecule has 0 aromatic heterocycles. The molecule has 7 unspecified atom stereocenters. The first-order chi connectivity index (χ1) is 27.9. The maximum absolute atomic E-state index is 12.8. The minimum absolute atomic E-state index is 0.0749. The second-order valence-corrected chi connectivity index (χ2v) is 17.0. The van der Waals surface area contributed by atoms with Gasteiger partial charge in [0.05, 0.1) is 6.61 Å². The first-order valence-electron chi connectivity index (χ1n) is 22.3. The molecule has 0 bridgehead atoms. The van der Waals surface area contributed by atoms with Crippen molar-refractivity contribution in [3.8, 4) is 0 Å². The van der Waals surface area contributed by atoms with E-state index >= 15 is 0 Å². The number of allylic oxidation sites excluding steroid dienone is 6. The van der Waals surface area contributed by atoms with Crippen LogP contribution in [0.2, 0.25) is 0 Å². The number of unbranched alkanes of at least 4 members (excludes halogenated alkanes) is 20. The van der Waals surface area contributed by atoms with Gasteiger partial charge in [0.15, 0.2) is 6.10 Å². The van der Waals surface area contributed by atoms with Crippen molar-refractivity contribution < 1.29 is 63.1 Å². The van der Waals surface area contributed by atoms with Gasteiger partial charge in [-0.05, 0) is 32.1 Å². The van der Waals surface area contributed by atoms with E-state index in [1.165, 1.54) is 77.0 Å². The number of phosphoric acid groups is 1. The summed E-state index contributed by atoms with van der Waals surface area (Å²) in [5.74, 6) is -1.12. The molecule has 338 valence electrons. The highest BCUT2D eigenvalue weighted by atomic mass is 31.2. The van der Waals surface area contributed by atoms with E-state index in [9.17, 15) is 44.6 Å².